The molecule has 0 amide bonds. The SMILES string of the molecule is Cc1cc(CN2CCOCC2)ccc1COc1ccc(Cl)cc1-c1csc(N2CC3C(C2)C3C(=O)O)n1. The average molecular weight is 540 g/mol. The lowest BCUT2D eigenvalue weighted by atomic mass is 10.0. The number of rotatable bonds is 8. The van der Waals surface area contributed by atoms with Crippen molar-refractivity contribution >= 4 is 34.0 Å². The quantitative estimate of drug-likeness (QED) is 0.434. The molecule has 9 heteroatoms. The molecule has 3 aromatic rings. The van der Waals surface area contributed by atoms with Gasteiger partial charge in [-0.25, -0.2) is 4.98 Å². The number of hydrogen-bond donors (Lipinski definition) is 1. The second-order valence-electron chi connectivity index (χ2n) is 10.2. The maximum atomic E-state index is 11.3. The largest absolute Gasteiger partial charge is 0.488 e. The minimum Gasteiger partial charge on any atom is -0.488 e. The summed E-state index contributed by atoms with van der Waals surface area (Å²) in [5.41, 5.74) is 5.36. The third kappa shape index (κ3) is 5.21. The highest BCUT2D eigenvalue weighted by atomic mass is 35.5. The summed E-state index contributed by atoms with van der Waals surface area (Å²) in [6.07, 6.45) is 0. The van der Waals surface area contributed by atoms with Crippen LogP contribution in [0.4, 0.5) is 5.13 Å². The van der Waals surface area contributed by atoms with Gasteiger partial charge < -0.3 is 19.5 Å². The zero-order chi connectivity index (χ0) is 25.5. The molecule has 1 N–H and O–H groups in total. The van der Waals surface area contributed by atoms with E-state index >= 15 is 0 Å². The summed E-state index contributed by atoms with van der Waals surface area (Å²) < 4.78 is 11.8. The zero-order valence-corrected chi connectivity index (χ0v) is 22.3. The minimum absolute atomic E-state index is 0.180. The van der Waals surface area contributed by atoms with Crippen LogP contribution in [0.2, 0.25) is 5.02 Å². The number of ether oxygens (including phenoxy) is 2. The van der Waals surface area contributed by atoms with Crippen molar-refractivity contribution in [2.45, 2.75) is 20.1 Å². The monoisotopic (exact) mass is 539 g/mol. The third-order valence-electron chi connectivity index (χ3n) is 7.76. The lowest BCUT2D eigenvalue weighted by Gasteiger charge is -2.26. The van der Waals surface area contributed by atoms with E-state index in [-0.39, 0.29) is 17.8 Å². The van der Waals surface area contributed by atoms with Gasteiger partial charge in [-0.2, -0.15) is 0 Å². The summed E-state index contributed by atoms with van der Waals surface area (Å²) in [5.74, 6) is 0.391. The van der Waals surface area contributed by atoms with E-state index in [4.69, 9.17) is 26.1 Å². The fourth-order valence-corrected chi connectivity index (χ4v) is 6.62. The molecule has 194 valence electrons. The first-order valence-corrected chi connectivity index (χ1v) is 14.0. The molecule has 3 fully saturated rings. The van der Waals surface area contributed by atoms with E-state index in [1.807, 2.05) is 23.6 Å². The van der Waals surface area contributed by atoms with Gasteiger partial charge in [-0.1, -0.05) is 29.8 Å². The molecule has 3 aliphatic rings. The fourth-order valence-electron chi connectivity index (χ4n) is 5.60. The van der Waals surface area contributed by atoms with Crippen LogP contribution < -0.4 is 9.64 Å². The zero-order valence-electron chi connectivity index (χ0n) is 20.7. The van der Waals surface area contributed by atoms with Crippen LogP contribution in [0, 0.1) is 24.7 Å². The molecule has 2 saturated heterocycles. The predicted molar refractivity (Wildman–Crippen MR) is 144 cm³/mol. The number of piperidine rings is 1. The van der Waals surface area contributed by atoms with Gasteiger partial charge in [0.05, 0.1) is 24.8 Å². The maximum absolute atomic E-state index is 11.3. The van der Waals surface area contributed by atoms with Crippen LogP contribution in [0.1, 0.15) is 16.7 Å². The van der Waals surface area contributed by atoms with Crippen LogP contribution in [-0.2, 0) is 22.7 Å². The first-order valence-electron chi connectivity index (χ1n) is 12.7. The van der Waals surface area contributed by atoms with Gasteiger partial charge in [0.1, 0.15) is 12.4 Å². The molecule has 6 rings (SSSR count). The Balaban J connectivity index is 1.13. The minimum atomic E-state index is -0.669. The van der Waals surface area contributed by atoms with Gasteiger partial charge in [0.2, 0.25) is 0 Å². The summed E-state index contributed by atoms with van der Waals surface area (Å²) in [5, 5.41) is 12.9. The Kier molecular flexibility index (Phi) is 6.84. The topological polar surface area (TPSA) is 75.1 Å². The summed E-state index contributed by atoms with van der Waals surface area (Å²) in [7, 11) is 0. The number of carboxylic acids is 1. The van der Waals surface area contributed by atoms with Gasteiger partial charge in [-0.3, -0.25) is 9.69 Å². The second kappa shape index (κ2) is 10.3. The van der Waals surface area contributed by atoms with Crippen molar-refractivity contribution in [3.63, 3.8) is 0 Å². The molecule has 2 aromatic carbocycles. The van der Waals surface area contributed by atoms with E-state index in [2.05, 4.69) is 34.9 Å². The molecule has 7 nitrogen and oxygen atoms in total. The number of aryl methyl sites for hydroxylation is 1. The number of aromatic nitrogens is 1. The molecule has 1 aliphatic carbocycles. The van der Waals surface area contributed by atoms with Crippen LogP contribution in [-0.4, -0.2) is 60.4 Å². The molecule has 2 aliphatic heterocycles. The molecular weight excluding hydrogens is 510 g/mol. The van der Waals surface area contributed by atoms with Crippen LogP contribution in [0.3, 0.4) is 0 Å². The first-order chi connectivity index (χ1) is 18.0. The van der Waals surface area contributed by atoms with Crippen LogP contribution in [0.15, 0.2) is 41.8 Å². The van der Waals surface area contributed by atoms with Gasteiger partial charge in [-0.15, -0.1) is 11.3 Å². The summed E-state index contributed by atoms with van der Waals surface area (Å²) >= 11 is 7.93. The number of aliphatic carboxylic acids is 1. The number of anilines is 1. The Morgan fingerprint density at radius 3 is 2.70 bits per heavy atom. The highest BCUT2D eigenvalue weighted by Crippen LogP contribution is 2.53. The Bertz CT molecular complexity index is 1300. The van der Waals surface area contributed by atoms with E-state index in [0.717, 1.165) is 73.6 Å². The third-order valence-corrected chi connectivity index (χ3v) is 8.90. The average Bonchev–Trinajstić information content (AvgIpc) is 3.21. The number of carbonyl (C=O) groups is 1. The lowest BCUT2D eigenvalue weighted by Crippen LogP contribution is -2.35. The number of morpholine rings is 1. The first kappa shape index (κ1) is 24.7. The second-order valence-corrected chi connectivity index (χ2v) is 11.5. The Labute approximate surface area is 225 Å². The number of carboxylic acid groups (broad SMARTS) is 1. The Morgan fingerprint density at radius 2 is 1.97 bits per heavy atom. The van der Waals surface area contributed by atoms with Crippen molar-refractivity contribution in [1.29, 1.82) is 0 Å². The molecule has 3 heterocycles. The van der Waals surface area contributed by atoms with Crippen molar-refractivity contribution in [2.75, 3.05) is 44.3 Å². The number of thiazole rings is 1. The smallest absolute Gasteiger partial charge is 0.307 e. The van der Waals surface area contributed by atoms with Gasteiger partial charge in [0.25, 0.3) is 0 Å². The van der Waals surface area contributed by atoms with E-state index in [9.17, 15) is 9.90 Å². The van der Waals surface area contributed by atoms with Crippen LogP contribution >= 0.6 is 22.9 Å². The van der Waals surface area contributed by atoms with E-state index in [1.165, 1.54) is 11.1 Å². The van der Waals surface area contributed by atoms with Crippen molar-refractivity contribution in [3.05, 3.63) is 63.5 Å². The molecule has 1 saturated carbocycles. The van der Waals surface area contributed by atoms with E-state index < -0.39 is 5.97 Å². The van der Waals surface area contributed by atoms with E-state index in [1.54, 1.807) is 11.3 Å². The molecule has 0 bridgehead atoms. The molecule has 2 atom stereocenters. The number of benzene rings is 2. The molecule has 2 unspecified atom stereocenters. The Morgan fingerprint density at radius 1 is 1.19 bits per heavy atom. The van der Waals surface area contributed by atoms with E-state index in [0.29, 0.717) is 11.6 Å². The van der Waals surface area contributed by atoms with Crippen LogP contribution in [0.5, 0.6) is 5.75 Å². The Hall–Kier alpha value is -2.65. The highest BCUT2D eigenvalue weighted by molar-refractivity contribution is 7.14. The van der Waals surface area contributed by atoms with Gasteiger partial charge in [-0.05, 0) is 53.6 Å². The number of fused-ring (bicyclic) bond motifs is 1. The summed E-state index contributed by atoms with van der Waals surface area (Å²) in [6.45, 7) is 8.61. The van der Waals surface area contributed by atoms with Crippen molar-refractivity contribution in [2.24, 2.45) is 17.8 Å². The molecular formula is C28H30ClN3O4S. The maximum Gasteiger partial charge on any atom is 0.307 e. The number of hydrogen-bond acceptors (Lipinski definition) is 7. The van der Waals surface area contributed by atoms with Crippen molar-refractivity contribution in [3.8, 4) is 17.0 Å². The number of halogens is 1. The molecule has 0 spiro atoms. The lowest BCUT2D eigenvalue weighted by molar-refractivity contribution is -0.139. The van der Waals surface area contributed by atoms with Crippen molar-refractivity contribution < 1.29 is 19.4 Å². The summed E-state index contributed by atoms with van der Waals surface area (Å²) in [4.78, 5) is 20.8. The fraction of sp³-hybridized carbons (Fsp3) is 0.429. The summed E-state index contributed by atoms with van der Waals surface area (Å²) in [6, 6.07) is 12.2. The standard InChI is InChI=1S/C28H30ClN3O4S/c1-17-10-18(12-31-6-8-35-9-7-31)2-3-19(17)15-36-25-5-4-20(29)11-21(25)24-16-37-28(30-24)32-13-22-23(14-32)26(22)27(33)34/h2-5,10-11,16,22-23,26H,6-9,12-15H2,1H3,(H,33,34). The van der Waals surface area contributed by atoms with Gasteiger partial charge in [0, 0.05) is 48.7 Å². The molecule has 37 heavy (non-hydrogen) atoms. The normalized spacial score (nSPS) is 23.2. The molecule has 1 aromatic heterocycles. The van der Waals surface area contributed by atoms with Gasteiger partial charge >= 0.3 is 5.97 Å². The highest BCUT2D eigenvalue weighted by Gasteiger charge is 2.60. The van der Waals surface area contributed by atoms with Crippen molar-refractivity contribution in [1.82, 2.24) is 9.88 Å². The number of nitrogens with zero attached hydrogens (tertiary/aromatic N) is 3. The molecule has 0 radical (unpaired) electrons. The van der Waals surface area contributed by atoms with Gasteiger partial charge in [0.15, 0.2) is 5.13 Å². The predicted octanol–water partition coefficient (Wildman–Crippen LogP) is 4.95. The van der Waals surface area contributed by atoms with Crippen LogP contribution in [0.25, 0.3) is 11.3 Å².